The predicted molar refractivity (Wildman–Crippen MR) is 48.3 cm³/mol. The Hall–Kier alpha value is -2.42. The van der Waals surface area contributed by atoms with Gasteiger partial charge in [-0.25, -0.2) is 9.97 Å². The third-order valence-corrected chi connectivity index (χ3v) is 1.59. The van der Waals surface area contributed by atoms with E-state index in [0.29, 0.717) is 11.8 Å². The number of nitrogens with zero attached hydrogens (tertiary/aromatic N) is 5. The first-order valence-electron chi connectivity index (χ1n) is 3.84. The van der Waals surface area contributed by atoms with Crippen LogP contribution in [0.5, 0.6) is 0 Å². The smallest absolute Gasteiger partial charge is 0.252 e. The van der Waals surface area contributed by atoms with Gasteiger partial charge < -0.3 is 5.73 Å². The maximum absolute atomic E-state index is 8.60. The maximum Gasteiger partial charge on any atom is 0.252 e. The first kappa shape index (κ1) is 8.19. The molecule has 2 aromatic rings. The van der Waals surface area contributed by atoms with Crippen LogP contribution in [0.25, 0.3) is 5.95 Å². The lowest BCUT2D eigenvalue weighted by Gasteiger charge is -1.98. The number of rotatable bonds is 1. The molecule has 6 nitrogen and oxygen atoms in total. The summed E-state index contributed by atoms with van der Waals surface area (Å²) in [6.45, 7) is 0. The van der Waals surface area contributed by atoms with Crippen molar-refractivity contribution in [3.63, 3.8) is 0 Å². The molecule has 0 bridgehead atoms. The molecule has 6 heteroatoms. The minimum Gasteiger partial charge on any atom is -0.383 e. The lowest BCUT2D eigenvalue weighted by atomic mass is 10.5. The van der Waals surface area contributed by atoms with E-state index in [1.54, 1.807) is 18.5 Å². The van der Waals surface area contributed by atoms with Crippen molar-refractivity contribution in [1.29, 1.82) is 5.26 Å². The summed E-state index contributed by atoms with van der Waals surface area (Å²) in [5.74, 6) is 0.694. The first-order valence-corrected chi connectivity index (χ1v) is 3.84. The average molecular weight is 186 g/mol. The van der Waals surface area contributed by atoms with Gasteiger partial charge in [0.1, 0.15) is 11.9 Å². The van der Waals surface area contributed by atoms with Gasteiger partial charge in [0.15, 0.2) is 5.69 Å². The van der Waals surface area contributed by atoms with Crippen LogP contribution >= 0.6 is 0 Å². The standard InChI is InChI=1S/C8H6N6/c9-5-6-4-7(10)14(13-6)8-11-2-1-3-12-8/h1-4H,10H2. The third-order valence-electron chi connectivity index (χ3n) is 1.59. The summed E-state index contributed by atoms with van der Waals surface area (Å²) < 4.78 is 1.32. The molecule has 0 spiro atoms. The van der Waals surface area contributed by atoms with Gasteiger partial charge in [0.2, 0.25) is 0 Å². The molecule has 14 heavy (non-hydrogen) atoms. The zero-order chi connectivity index (χ0) is 9.97. The molecule has 0 saturated carbocycles. The molecule has 0 unspecified atom stereocenters. The second-order valence-corrected chi connectivity index (χ2v) is 2.53. The van der Waals surface area contributed by atoms with E-state index in [-0.39, 0.29) is 5.69 Å². The third kappa shape index (κ3) is 1.27. The Morgan fingerprint density at radius 3 is 2.64 bits per heavy atom. The number of aromatic nitrogens is 4. The Labute approximate surface area is 79.6 Å². The normalized spacial score (nSPS) is 9.64. The van der Waals surface area contributed by atoms with E-state index in [4.69, 9.17) is 11.0 Å². The number of nitrogens with two attached hydrogens (primary N) is 1. The molecule has 0 aromatic carbocycles. The molecule has 0 radical (unpaired) electrons. The summed E-state index contributed by atoms with van der Waals surface area (Å²) >= 11 is 0. The minimum absolute atomic E-state index is 0.245. The topological polar surface area (TPSA) is 93.4 Å². The van der Waals surface area contributed by atoms with Crippen molar-refractivity contribution in [2.24, 2.45) is 0 Å². The van der Waals surface area contributed by atoms with Crippen LogP contribution in [-0.2, 0) is 0 Å². The van der Waals surface area contributed by atoms with Crippen molar-refractivity contribution in [2.45, 2.75) is 0 Å². The van der Waals surface area contributed by atoms with E-state index in [1.807, 2.05) is 6.07 Å². The van der Waals surface area contributed by atoms with E-state index >= 15 is 0 Å². The number of anilines is 1. The number of nitriles is 1. The maximum atomic E-state index is 8.60. The molecule has 0 aliphatic heterocycles. The van der Waals surface area contributed by atoms with E-state index in [0.717, 1.165) is 0 Å². The van der Waals surface area contributed by atoms with E-state index in [2.05, 4.69) is 15.1 Å². The second-order valence-electron chi connectivity index (χ2n) is 2.53. The van der Waals surface area contributed by atoms with Gasteiger partial charge in [-0.05, 0) is 6.07 Å². The van der Waals surface area contributed by atoms with Crippen LogP contribution in [0.3, 0.4) is 0 Å². The number of hydrogen-bond acceptors (Lipinski definition) is 5. The van der Waals surface area contributed by atoms with Gasteiger partial charge in [0.25, 0.3) is 5.95 Å². The highest BCUT2D eigenvalue weighted by molar-refractivity contribution is 5.40. The van der Waals surface area contributed by atoms with Gasteiger partial charge in [0, 0.05) is 18.5 Å². The molecular weight excluding hydrogens is 180 g/mol. The molecule has 2 aromatic heterocycles. The van der Waals surface area contributed by atoms with E-state index in [9.17, 15) is 0 Å². The summed E-state index contributed by atoms with van der Waals surface area (Å²) in [5, 5.41) is 12.5. The summed E-state index contributed by atoms with van der Waals surface area (Å²) in [6, 6.07) is 5.05. The molecule has 2 rings (SSSR count). The van der Waals surface area contributed by atoms with Gasteiger partial charge in [-0.1, -0.05) is 0 Å². The second kappa shape index (κ2) is 3.14. The summed E-state index contributed by atoms with van der Waals surface area (Å²) in [6.07, 6.45) is 3.16. The Kier molecular flexibility index (Phi) is 1.84. The highest BCUT2D eigenvalue weighted by Gasteiger charge is 2.07. The van der Waals surface area contributed by atoms with Crippen LogP contribution in [-0.4, -0.2) is 19.7 Å². The van der Waals surface area contributed by atoms with Crippen molar-refractivity contribution in [1.82, 2.24) is 19.7 Å². The van der Waals surface area contributed by atoms with Gasteiger partial charge >= 0.3 is 0 Å². The highest BCUT2D eigenvalue weighted by atomic mass is 15.4. The Morgan fingerprint density at radius 2 is 2.07 bits per heavy atom. The van der Waals surface area contributed by atoms with Crippen LogP contribution in [0.15, 0.2) is 24.5 Å². The predicted octanol–water partition coefficient (Wildman–Crippen LogP) is 0.116. The molecule has 0 aliphatic carbocycles. The van der Waals surface area contributed by atoms with Crippen molar-refractivity contribution in [3.8, 4) is 12.0 Å². The van der Waals surface area contributed by atoms with Crippen LogP contribution in [0, 0.1) is 11.3 Å². The molecular formula is C8H6N6. The lowest BCUT2D eigenvalue weighted by Crippen LogP contribution is -2.05. The lowest BCUT2D eigenvalue weighted by molar-refractivity contribution is 0.812. The van der Waals surface area contributed by atoms with E-state index < -0.39 is 0 Å². The van der Waals surface area contributed by atoms with Crippen molar-refractivity contribution in [2.75, 3.05) is 5.73 Å². The highest BCUT2D eigenvalue weighted by Crippen LogP contribution is 2.08. The monoisotopic (exact) mass is 186 g/mol. The van der Waals surface area contributed by atoms with Crippen LogP contribution in [0.2, 0.25) is 0 Å². The fourth-order valence-electron chi connectivity index (χ4n) is 1.01. The Morgan fingerprint density at radius 1 is 1.36 bits per heavy atom. The van der Waals surface area contributed by atoms with Crippen LogP contribution in [0.1, 0.15) is 5.69 Å². The van der Waals surface area contributed by atoms with E-state index in [1.165, 1.54) is 10.7 Å². The van der Waals surface area contributed by atoms with Crippen molar-refractivity contribution < 1.29 is 0 Å². The van der Waals surface area contributed by atoms with Gasteiger partial charge in [0.05, 0.1) is 0 Å². The zero-order valence-corrected chi connectivity index (χ0v) is 7.12. The zero-order valence-electron chi connectivity index (χ0n) is 7.12. The van der Waals surface area contributed by atoms with Crippen molar-refractivity contribution >= 4 is 5.82 Å². The SMILES string of the molecule is N#Cc1cc(N)n(-c2ncccn2)n1. The molecule has 0 aliphatic rings. The largest absolute Gasteiger partial charge is 0.383 e. The average Bonchev–Trinajstić information content (AvgIpc) is 2.61. The molecule has 68 valence electrons. The molecule has 0 saturated heterocycles. The van der Waals surface area contributed by atoms with Gasteiger partial charge in [-0.15, -0.1) is 0 Å². The molecule has 0 amide bonds. The van der Waals surface area contributed by atoms with Crippen molar-refractivity contribution in [3.05, 3.63) is 30.2 Å². The number of nitrogen functional groups attached to an aromatic ring is 1. The molecule has 0 atom stereocenters. The number of hydrogen-bond donors (Lipinski definition) is 1. The van der Waals surface area contributed by atoms with Gasteiger partial charge in [-0.2, -0.15) is 15.0 Å². The Balaban J connectivity index is 2.53. The fraction of sp³-hybridized carbons (Fsp3) is 0. The fourth-order valence-corrected chi connectivity index (χ4v) is 1.01. The molecule has 0 fully saturated rings. The molecule has 2 N–H and O–H groups in total. The van der Waals surface area contributed by atoms with Gasteiger partial charge in [-0.3, -0.25) is 0 Å². The van der Waals surface area contributed by atoms with Crippen LogP contribution in [0.4, 0.5) is 5.82 Å². The molecule has 2 heterocycles. The summed E-state index contributed by atoms with van der Waals surface area (Å²) in [4.78, 5) is 7.91. The Bertz CT molecular complexity index is 480. The minimum atomic E-state index is 0.245. The first-order chi connectivity index (χ1) is 6.81. The summed E-state index contributed by atoms with van der Waals surface area (Å²) in [7, 11) is 0. The van der Waals surface area contributed by atoms with Crippen LogP contribution < -0.4 is 5.73 Å². The quantitative estimate of drug-likeness (QED) is 0.682. The summed E-state index contributed by atoms with van der Waals surface area (Å²) in [5.41, 5.74) is 5.86.